The van der Waals surface area contributed by atoms with Crippen molar-refractivity contribution in [2.24, 2.45) is 0 Å². The van der Waals surface area contributed by atoms with Gasteiger partial charge in [-0.15, -0.1) is 0 Å². The van der Waals surface area contributed by atoms with Gasteiger partial charge in [-0.1, -0.05) is 65.7 Å². The van der Waals surface area contributed by atoms with Crippen molar-refractivity contribution in [2.45, 2.75) is 38.9 Å². The number of carboxylic acid groups (broad SMARTS) is 1. The lowest BCUT2D eigenvalue weighted by molar-refractivity contribution is -0.136. The number of hydrogen-bond donors (Lipinski definition) is 4. The first-order chi connectivity index (χ1) is 23.6. The molecule has 1 aliphatic heterocycles. The zero-order valence-corrected chi connectivity index (χ0v) is 28.4. The van der Waals surface area contributed by atoms with Gasteiger partial charge < -0.3 is 25.8 Å². The van der Waals surface area contributed by atoms with E-state index in [-0.39, 0.29) is 30.6 Å². The summed E-state index contributed by atoms with van der Waals surface area (Å²) in [5.41, 5.74) is 6.24. The normalized spacial score (nSPS) is 14.3. The molecule has 5 aromatic rings. The van der Waals surface area contributed by atoms with E-state index in [0.29, 0.717) is 63.6 Å². The maximum atomic E-state index is 13.2. The monoisotopic (exact) mass is 700 g/mol. The van der Waals surface area contributed by atoms with Crippen molar-refractivity contribution in [3.63, 3.8) is 0 Å². The topological polar surface area (TPSA) is 147 Å². The summed E-state index contributed by atoms with van der Waals surface area (Å²) < 4.78 is 7.06. The maximum absolute atomic E-state index is 13.2. The van der Waals surface area contributed by atoms with Crippen LogP contribution in [0.15, 0.2) is 71.7 Å². The van der Waals surface area contributed by atoms with E-state index in [0.717, 1.165) is 34.2 Å². The Labute approximate surface area is 292 Å². The van der Waals surface area contributed by atoms with Crippen LogP contribution in [0.3, 0.4) is 0 Å². The number of halogens is 2. The molecule has 4 heterocycles. The Morgan fingerprint density at radius 3 is 2.39 bits per heavy atom. The van der Waals surface area contributed by atoms with Crippen LogP contribution in [0.5, 0.6) is 5.88 Å². The lowest BCUT2D eigenvalue weighted by Crippen LogP contribution is -2.35. The third-order valence-corrected chi connectivity index (χ3v) is 9.32. The number of ether oxygens (including phenoxy) is 1. The van der Waals surface area contributed by atoms with Crippen molar-refractivity contribution in [1.82, 2.24) is 30.3 Å². The van der Waals surface area contributed by atoms with Gasteiger partial charge in [-0.3, -0.25) is 18.8 Å². The van der Waals surface area contributed by atoms with Crippen molar-refractivity contribution in [3.8, 4) is 39.4 Å². The number of hydrogen-bond acceptors (Lipinski definition) is 8. The maximum Gasteiger partial charge on any atom is 0.317 e. The summed E-state index contributed by atoms with van der Waals surface area (Å²) in [6.45, 7) is 2.74. The Hall–Kier alpha value is -4.81. The molecule has 0 bridgehead atoms. The van der Waals surface area contributed by atoms with Crippen LogP contribution in [-0.2, 0) is 22.7 Å². The molecular weight excluding hydrogens is 667 g/mol. The predicted molar refractivity (Wildman–Crippen MR) is 189 cm³/mol. The second-order valence-corrected chi connectivity index (χ2v) is 12.5. The summed E-state index contributed by atoms with van der Waals surface area (Å²) >= 11 is 14.1. The number of nitrogens with one attached hydrogen (secondary N) is 3. The number of aromatic nitrogens is 3. The lowest BCUT2D eigenvalue weighted by atomic mass is 9.97. The van der Waals surface area contributed by atoms with Gasteiger partial charge >= 0.3 is 5.97 Å². The van der Waals surface area contributed by atoms with Crippen molar-refractivity contribution >= 4 is 40.7 Å². The van der Waals surface area contributed by atoms with Crippen LogP contribution in [0.4, 0.5) is 0 Å². The van der Waals surface area contributed by atoms with Gasteiger partial charge in [-0.25, -0.2) is 9.97 Å². The molecule has 6 rings (SSSR count). The highest BCUT2D eigenvalue weighted by Gasteiger charge is 2.21. The fourth-order valence-electron chi connectivity index (χ4n) is 5.99. The predicted octanol–water partition coefficient (Wildman–Crippen LogP) is 5.26. The molecule has 11 nitrogen and oxygen atoms in total. The number of amides is 1. The first kappa shape index (κ1) is 34.1. The van der Waals surface area contributed by atoms with Gasteiger partial charge in [0.25, 0.3) is 5.56 Å². The third kappa shape index (κ3) is 7.30. The van der Waals surface area contributed by atoms with Crippen LogP contribution in [-0.4, -0.2) is 57.6 Å². The molecule has 3 aromatic heterocycles. The molecule has 1 atom stereocenters. The average molecular weight is 702 g/mol. The minimum Gasteiger partial charge on any atom is -0.481 e. The summed E-state index contributed by atoms with van der Waals surface area (Å²) in [5, 5.41) is 19.0. The van der Waals surface area contributed by atoms with Crippen molar-refractivity contribution < 1.29 is 19.4 Å². The van der Waals surface area contributed by atoms with Crippen LogP contribution >= 0.6 is 23.2 Å². The molecule has 2 aromatic carbocycles. The number of carbonyl (C=O) groups is 2. The van der Waals surface area contributed by atoms with E-state index in [1.807, 2.05) is 48.5 Å². The highest BCUT2D eigenvalue weighted by Crippen LogP contribution is 2.42. The fraction of sp³-hybridized carbons (Fsp3) is 0.250. The summed E-state index contributed by atoms with van der Waals surface area (Å²) in [6.07, 6.45) is 3.02. The summed E-state index contributed by atoms with van der Waals surface area (Å²) in [7, 11) is 1.58. The number of methoxy groups -OCH3 is 1. The molecule has 49 heavy (non-hydrogen) atoms. The Kier molecular flexibility index (Phi) is 10.3. The molecular formula is C36H34Cl2N6O5. The van der Waals surface area contributed by atoms with Crippen LogP contribution in [0, 0.1) is 6.92 Å². The molecule has 1 amide bonds. The fourth-order valence-corrected chi connectivity index (χ4v) is 6.66. The van der Waals surface area contributed by atoms with Crippen LogP contribution in [0.25, 0.3) is 39.2 Å². The number of rotatable bonds is 12. The highest BCUT2D eigenvalue weighted by molar-refractivity contribution is 6.39. The van der Waals surface area contributed by atoms with E-state index in [2.05, 4.69) is 20.9 Å². The smallest absolute Gasteiger partial charge is 0.317 e. The molecule has 1 saturated heterocycles. The van der Waals surface area contributed by atoms with Crippen LogP contribution in [0.1, 0.15) is 29.7 Å². The van der Waals surface area contributed by atoms with Crippen LogP contribution < -0.4 is 26.2 Å². The number of aryl methyl sites for hydroxylation is 1. The number of pyridine rings is 2. The number of benzene rings is 2. The molecule has 13 heteroatoms. The number of carboxylic acids is 1. The standard InChI is InChI=1S/C36H34Cl2N6O5/c1-20-28(18-40-19-32(46)47)36(48)44-14-13-21(15-30(44)41-20)24-5-3-6-25(33(24)37)26-7-4-8-27(34(26)38)29-11-9-22(35(43-29)49-2)16-39-17-23-10-12-31(45)42-23/h3-9,11,13-15,23,39-40H,10,12,16-19H2,1-2H3,(H,42,45)(H,46,47)/t23-/m0/s1. The van der Waals surface area contributed by atoms with Crippen molar-refractivity contribution in [2.75, 3.05) is 20.2 Å². The average Bonchev–Trinajstić information content (AvgIpc) is 3.51. The lowest BCUT2D eigenvalue weighted by Gasteiger charge is -2.16. The molecule has 1 fully saturated rings. The first-order valence-electron chi connectivity index (χ1n) is 15.7. The van der Waals surface area contributed by atoms with Crippen LogP contribution in [0.2, 0.25) is 10.0 Å². The van der Waals surface area contributed by atoms with Gasteiger partial charge in [0.2, 0.25) is 11.8 Å². The molecule has 0 aliphatic carbocycles. The molecule has 0 unspecified atom stereocenters. The molecule has 0 saturated carbocycles. The molecule has 0 radical (unpaired) electrons. The Bertz CT molecular complexity index is 2140. The minimum absolute atomic E-state index is 0.0853. The van der Waals surface area contributed by atoms with E-state index in [1.54, 1.807) is 32.4 Å². The first-order valence-corrected chi connectivity index (χ1v) is 16.5. The summed E-state index contributed by atoms with van der Waals surface area (Å²) in [5.74, 6) is -0.446. The van der Waals surface area contributed by atoms with Crippen molar-refractivity contribution in [3.05, 3.63) is 104 Å². The Balaban J connectivity index is 1.27. The van der Waals surface area contributed by atoms with E-state index in [4.69, 9.17) is 38.0 Å². The van der Waals surface area contributed by atoms with E-state index >= 15 is 0 Å². The van der Waals surface area contributed by atoms with Gasteiger partial charge in [0, 0.05) is 71.8 Å². The van der Waals surface area contributed by atoms with Crippen molar-refractivity contribution in [1.29, 1.82) is 0 Å². The van der Waals surface area contributed by atoms with Gasteiger partial charge in [0.1, 0.15) is 5.65 Å². The quantitative estimate of drug-likeness (QED) is 0.137. The number of carbonyl (C=O) groups excluding carboxylic acids is 1. The van der Waals surface area contributed by atoms with Gasteiger partial charge in [0.15, 0.2) is 0 Å². The largest absolute Gasteiger partial charge is 0.481 e. The highest BCUT2D eigenvalue weighted by atomic mass is 35.5. The molecule has 4 N–H and O–H groups in total. The second kappa shape index (κ2) is 14.8. The molecule has 252 valence electrons. The zero-order chi connectivity index (χ0) is 34.7. The van der Waals surface area contributed by atoms with Gasteiger partial charge in [0.05, 0.1) is 35.0 Å². The number of nitrogens with zero attached hydrogens (tertiary/aromatic N) is 3. The Morgan fingerprint density at radius 1 is 0.980 bits per heavy atom. The summed E-state index contributed by atoms with van der Waals surface area (Å²) in [4.78, 5) is 45.0. The van der Waals surface area contributed by atoms with Gasteiger partial charge in [-0.05, 0) is 37.1 Å². The summed E-state index contributed by atoms with van der Waals surface area (Å²) in [6, 6.07) is 18.9. The number of aliphatic carboxylic acids is 1. The Morgan fingerprint density at radius 2 is 1.69 bits per heavy atom. The molecule has 1 aliphatic rings. The van der Waals surface area contributed by atoms with E-state index < -0.39 is 5.97 Å². The zero-order valence-electron chi connectivity index (χ0n) is 26.8. The van der Waals surface area contributed by atoms with E-state index in [9.17, 15) is 14.4 Å². The minimum atomic E-state index is -1.01. The van der Waals surface area contributed by atoms with Gasteiger partial charge in [-0.2, -0.15) is 0 Å². The third-order valence-electron chi connectivity index (χ3n) is 8.51. The second-order valence-electron chi connectivity index (χ2n) is 11.8. The van der Waals surface area contributed by atoms with E-state index in [1.165, 1.54) is 4.40 Å². The molecule has 0 spiro atoms. The SMILES string of the molecule is COc1nc(-c2cccc(-c3cccc(-c4ccn5c(=O)c(CNCC(=O)O)c(C)nc5c4)c3Cl)c2Cl)ccc1CNC[C@@H]1CCC(=O)N1. The number of fused-ring (bicyclic) bond motifs is 1.